The summed E-state index contributed by atoms with van der Waals surface area (Å²) in [6, 6.07) is 4.68. The number of hydrogen-bond acceptors (Lipinski definition) is 1. The van der Waals surface area contributed by atoms with Crippen LogP contribution in [0.1, 0.15) is 19.5 Å². The Bertz CT molecular complexity index is 468. The number of aromatic nitrogens is 1. The minimum absolute atomic E-state index is 0.298. The molecule has 0 saturated carbocycles. The van der Waals surface area contributed by atoms with Crippen molar-refractivity contribution >= 4 is 22.4 Å². The first kappa shape index (κ1) is 11.9. The van der Waals surface area contributed by atoms with E-state index in [1.54, 1.807) is 18.3 Å². The molecule has 15 heavy (non-hydrogen) atoms. The molecule has 0 atom stereocenters. The highest BCUT2D eigenvalue weighted by molar-refractivity contribution is 6.31. The summed E-state index contributed by atoms with van der Waals surface area (Å²) in [6.07, 6.45) is 1.59. The Morgan fingerprint density at radius 1 is 1.20 bits per heavy atom. The van der Waals surface area contributed by atoms with Gasteiger partial charge in [0.25, 0.3) is 0 Å². The minimum atomic E-state index is -0.298. The Balaban J connectivity index is 0.000000531. The molecular formula is C12H13ClFN. The molecule has 0 saturated heterocycles. The molecule has 2 aromatic rings. The van der Waals surface area contributed by atoms with E-state index in [2.05, 4.69) is 4.98 Å². The highest BCUT2D eigenvalue weighted by Gasteiger charge is 2.04. The standard InChI is InChI=1S/C10H7ClFN.C2H6/c1-6-9-4-7(11)5-10(12)8(9)2-3-13-6;1-2/h2-5H,1H3;1-2H3. The first-order valence-electron chi connectivity index (χ1n) is 4.89. The second-order valence-corrected chi connectivity index (χ2v) is 3.32. The predicted octanol–water partition coefficient (Wildman–Crippen LogP) is 4.36. The molecule has 2 rings (SSSR count). The molecule has 0 amide bonds. The zero-order valence-electron chi connectivity index (χ0n) is 9.01. The van der Waals surface area contributed by atoms with E-state index in [9.17, 15) is 4.39 Å². The lowest BCUT2D eigenvalue weighted by Crippen LogP contribution is -1.86. The van der Waals surface area contributed by atoms with Crippen LogP contribution >= 0.6 is 11.6 Å². The van der Waals surface area contributed by atoms with Crippen molar-refractivity contribution in [2.45, 2.75) is 20.8 Å². The molecule has 0 aliphatic carbocycles. The van der Waals surface area contributed by atoms with E-state index >= 15 is 0 Å². The molecule has 1 heterocycles. The van der Waals surface area contributed by atoms with E-state index in [1.165, 1.54) is 6.07 Å². The van der Waals surface area contributed by atoms with Crippen LogP contribution in [0.5, 0.6) is 0 Å². The van der Waals surface area contributed by atoms with Crippen LogP contribution in [0.3, 0.4) is 0 Å². The van der Waals surface area contributed by atoms with E-state index in [-0.39, 0.29) is 5.82 Å². The summed E-state index contributed by atoms with van der Waals surface area (Å²) < 4.78 is 13.3. The highest BCUT2D eigenvalue weighted by Crippen LogP contribution is 2.23. The maximum absolute atomic E-state index is 13.3. The van der Waals surface area contributed by atoms with Crippen LogP contribution in [0.4, 0.5) is 4.39 Å². The van der Waals surface area contributed by atoms with Crippen molar-refractivity contribution in [1.29, 1.82) is 0 Å². The molecule has 1 aromatic carbocycles. The molecule has 0 aliphatic heterocycles. The quantitative estimate of drug-likeness (QED) is 0.649. The van der Waals surface area contributed by atoms with Crippen molar-refractivity contribution in [1.82, 2.24) is 4.98 Å². The first-order chi connectivity index (χ1) is 7.18. The van der Waals surface area contributed by atoms with Crippen LogP contribution in [-0.2, 0) is 0 Å². The summed E-state index contributed by atoms with van der Waals surface area (Å²) in [7, 11) is 0. The van der Waals surface area contributed by atoms with Crippen molar-refractivity contribution < 1.29 is 4.39 Å². The van der Waals surface area contributed by atoms with Crippen molar-refractivity contribution in [2.75, 3.05) is 0 Å². The second-order valence-electron chi connectivity index (χ2n) is 2.88. The Labute approximate surface area is 93.9 Å². The molecule has 1 aromatic heterocycles. The lowest BCUT2D eigenvalue weighted by Gasteiger charge is -2.02. The fourth-order valence-electron chi connectivity index (χ4n) is 1.35. The van der Waals surface area contributed by atoms with Gasteiger partial charge in [0.15, 0.2) is 0 Å². The van der Waals surface area contributed by atoms with Crippen LogP contribution in [-0.4, -0.2) is 4.98 Å². The highest BCUT2D eigenvalue weighted by atomic mass is 35.5. The van der Waals surface area contributed by atoms with Gasteiger partial charge < -0.3 is 0 Å². The smallest absolute Gasteiger partial charge is 0.132 e. The predicted molar refractivity (Wildman–Crippen MR) is 62.8 cm³/mol. The lowest BCUT2D eigenvalue weighted by atomic mass is 10.1. The lowest BCUT2D eigenvalue weighted by molar-refractivity contribution is 0.639. The van der Waals surface area contributed by atoms with Gasteiger partial charge in [-0.15, -0.1) is 0 Å². The summed E-state index contributed by atoms with van der Waals surface area (Å²) in [6.45, 7) is 5.83. The van der Waals surface area contributed by atoms with E-state index in [0.717, 1.165) is 11.1 Å². The molecule has 0 unspecified atom stereocenters. The Morgan fingerprint density at radius 2 is 1.87 bits per heavy atom. The summed E-state index contributed by atoms with van der Waals surface area (Å²) in [4.78, 5) is 4.06. The average molecular weight is 226 g/mol. The van der Waals surface area contributed by atoms with Gasteiger partial charge in [-0.25, -0.2) is 4.39 Å². The molecule has 0 spiro atoms. The molecule has 0 N–H and O–H groups in total. The Kier molecular flexibility index (Phi) is 4.04. The van der Waals surface area contributed by atoms with E-state index in [1.807, 2.05) is 20.8 Å². The zero-order chi connectivity index (χ0) is 11.4. The van der Waals surface area contributed by atoms with Gasteiger partial charge in [-0.3, -0.25) is 4.98 Å². The summed E-state index contributed by atoms with van der Waals surface area (Å²) in [5, 5.41) is 1.74. The van der Waals surface area contributed by atoms with E-state index < -0.39 is 0 Å². The second kappa shape index (κ2) is 5.08. The first-order valence-corrected chi connectivity index (χ1v) is 5.26. The van der Waals surface area contributed by atoms with Crippen LogP contribution in [0, 0.1) is 12.7 Å². The maximum Gasteiger partial charge on any atom is 0.132 e. The number of aryl methyl sites for hydroxylation is 1. The molecule has 0 fully saturated rings. The number of benzene rings is 1. The normalized spacial score (nSPS) is 9.67. The fourth-order valence-corrected chi connectivity index (χ4v) is 1.55. The van der Waals surface area contributed by atoms with Gasteiger partial charge in [-0.05, 0) is 25.1 Å². The van der Waals surface area contributed by atoms with Gasteiger partial charge in [-0.1, -0.05) is 25.4 Å². The zero-order valence-corrected chi connectivity index (χ0v) is 9.77. The third kappa shape index (κ3) is 2.45. The molecule has 3 heteroatoms. The Hall–Kier alpha value is -1.15. The average Bonchev–Trinajstić information content (AvgIpc) is 2.23. The number of fused-ring (bicyclic) bond motifs is 1. The van der Waals surface area contributed by atoms with E-state index in [0.29, 0.717) is 10.4 Å². The molecular weight excluding hydrogens is 213 g/mol. The summed E-state index contributed by atoms with van der Waals surface area (Å²) >= 11 is 5.73. The molecule has 1 nitrogen and oxygen atoms in total. The third-order valence-corrected chi connectivity index (χ3v) is 2.21. The van der Waals surface area contributed by atoms with Crippen molar-refractivity contribution in [3.63, 3.8) is 0 Å². The van der Waals surface area contributed by atoms with Crippen molar-refractivity contribution in [3.05, 3.63) is 40.9 Å². The third-order valence-electron chi connectivity index (χ3n) is 1.99. The SMILES string of the molecule is CC.Cc1nccc2c(F)cc(Cl)cc12. The van der Waals surface area contributed by atoms with Gasteiger partial charge in [0, 0.05) is 27.7 Å². The van der Waals surface area contributed by atoms with Crippen LogP contribution in [0.15, 0.2) is 24.4 Å². The largest absolute Gasteiger partial charge is 0.261 e. The monoisotopic (exact) mass is 225 g/mol. The molecule has 0 bridgehead atoms. The number of pyridine rings is 1. The Morgan fingerprint density at radius 3 is 2.53 bits per heavy atom. The number of rotatable bonds is 0. The van der Waals surface area contributed by atoms with Gasteiger partial charge in [0.1, 0.15) is 5.82 Å². The van der Waals surface area contributed by atoms with Crippen LogP contribution in [0.2, 0.25) is 5.02 Å². The van der Waals surface area contributed by atoms with Gasteiger partial charge in [-0.2, -0.15) is 0 Å². The molecule has 80 valence electrons. The van der Waals surface area contributed by atoms with Gasteiger partial charge in [0.2, 0.25) is 0 Å². The summed E-state index contributed by atoms with van der Waals surface area (Å²) in [5.41, 5.74) is 0.791. The minimum Gasteiger partial charge on any atom is -0.261 e. The van der Waals surface area contributed by atoms with Gasteiger partial charge in [0.05, 0.1) is 0 Å². The molecule has 0 aliphatic rings. The van der Waals surface area contributed by atoms with Crippen LogP contribution < -0.4 is 0 Å². The van der Waals surface area contributed by atoms with Crippen molar-refractivity contribution in [2.24, 2.45) is 0 Å². The van der Waals surface area contributed by atoms with Gasteiger partial charge >= 0.3 is 0 Å². The topological polar surface area (TPSA) is 12.9 Å². The van der Waals surface area contributed by atoms with E-state index in [4.69, 9.17) is 11.6 Å². The fraction of sp³-hybridized carbons (Fsp3) is 0.250. The number of nitrogens with zero attached hydrogens (tertiary/aromatic N) is 1. The van der Waals surface area contributed by atoms with Crippen LogP contribution in [0.25, 0.3) is 10.8 Å². The maximum atomic E-state index is 13.3. The molecule has 0 radical (unpaired) electrons. The summed E-state index contributed by atoms with van der Waals surface area (Å²) in [5.74, 6) is -0.298. The number of hydrogen-bond donors (Lipinski definition) is 0. The van der Waals surface area contributed by atoms with Crippen molar-refractivity contribution in [3.8, 4) is 0 Å². The number of halogens is 2.